The van der Waals surface area contributed by atoms with Crippen molar-refractivity contribution in [2.45, 2.75) is 26.7 Å². The summed E-state index contributed by atoms with van der Waals surface area (Å²) in [6, 6.07) is 1.78. The number of carbonyl (C=O) groups is 2. The van der Waals surface area contributed by atoms with Crippen LogP contribution in [0, 0.1) is 19.8 Å². The molecular formula is C14H19N3O3. The molecule has 0 atom stereocenters. The van der Waals surface area contributed by atoms with E-state index in [0.717, 1.165) is 24.1 Å². The van der Waals surface area contributed by atoms with E-state index >= 15 is 0 Å². The van der Waals surface area contributed by atoms with Gasteiger partial charge in [0.2, 0.25) is 0 Å². The number of rotatable bonds is 6. The molecule has 0 aliphatic heterocycles. The second-order valence-corrected chi connectivity index (χ2v) is 5.36. The third kappa shape index (κ3) is 3.26. The number of aromatic nitrogens is 1. The number of anilines is 1. The Hall–Kier alpha value is -2.11. The van der Waals surface area contributed by atoms with Crippen LogP contribution in [0.1, 0.15) is 34.5 Å². The van der Waals surface area contributed by atoms with E-state index in [1.807, 2.05) is 6.92 Å². The van der Waals surface area contributed by atoms with Gasteiger partial charge in [-0.05, 0) is 44.2 Å². The fourth-order valence-electron chi connectivity index (χ4n) is 2.35. The molecule has 1 aliphatic rings. The third-order valence-corrected chi connectivity index (χ3v) is 3.37. The number of carboxylic acids is 1. The van der Waals surface area contributed by atoms with Gasteiger partial charge in [-0.2, -0.15) is 0 Å². The molecule has 2 rings (SSSR count). The SMILES string of the molecule is Cc1cc(C)c(C(N)=O)c(N(CC(=O)O)CC2CC2)n1. The Bertz CT molecular complexity index is 553. The van der Waals surface area contributed by atoms with Gasteiger partial charge in [0, 0.05) is 12.2 Å². The van der Waals surface area contributed by atoms with Gasteiger partial charge < -0.3 is 15.7 Å². The first-order chi connectivity index (χ1) is 9.38. The van der Waals surface area contributed by atoms with Gasteiger partial charge in [-0.1, -0.05) is 0 Å². The highest BCUT2D eigenvalue weighted by atomic mass is 16.4. The number of primary amides is 1. The normalized spacial score (nSPS) is 14.1. The summed E-state index contributed by atoms with van der Waals surface area (Å²) in [5.74, 6) is -0.639. The van der Waals surface area contributed by atoms with Gasteiger partial charge in [-0.25, -0.2) is 4.98 Å². The lowest BCUT2D eigenvalue weighted by Gasteiger charge is -2.24. The monoisotopic (exact) mass is 277 g/mol. The van der Waals surface area contributed by atoms with Gasteiger partial charge in [0.25, 0.3) is 5.91 Å². The van der Waals surface area contributed by atoms with Crippen molar-refractivity contribution in [1.29, 1.82) is 0 Å². The number of nitrogens with two attached hydrogens (primary N) is 1. The smallest absolute Gasteiger partial charge is 0.323 e. The van der Waals surface area contributed by atoms with Crippen LogP contribution in [-0.4, -0.2) is 35.1 Å². The molecule has 0 spiro atoms. The molecule has 1 aliphatic carbocycles. The summed E-state index contributed by atoms with van der Waals surface area (Å²) in [5.41, 5.74) is 7.22. The molecule has 1 aromatic heterocycles. The van der Waals surface area contributed by atoms with E-state index in [1.165, 1.54) is 0 Å². The second kappa shape index (κ2) is 5.48. The molecule has 20 heavy (non-hydrogen) atoms. The minimum atomic E-state index is -0.943. The zero-order valence-electron chi connectivity index (χ0n) is 11.7. The first-order valence-corrected chi connectivity index (χ1v) is 6.63. The van der Waals surface area contributed by atoms with Crippen LogP contribution < -0.4 is 10.6 Å². The minimum Gasteiger partial charge on any atom is -0.480 e. The number of hydrogen-bond acceptors (Lipinski definition) is 4. The minimum absolute atomic E-state index is 0.174. The zero-order chi connectivity index (χ0) is 14.9. The summed E-state index contributed by atoms with van der Waals surface area (Å²) in [7, 11) is 0. The number of amides is 1. The molecule has 1 aromatic rings. The first-order valence-electron chi connectivity index (χ1n) is 6.63. The number of nitrogens with zero attached hydrogens (tertiary/aromatic N) is 2. The molecule has 6 nitrogen and oxygen atoms in total. The lowest BCUT2D eigenvalue weighted by molar-refractivity contribution is -0.135. The fraction of sp³-hybridized carbons (Fsp3) is 0.500. The summed E-state index contributed by atoms with van der Waals surface area (Å²) >= 11 is 0. The predicted molar refractivity (Wildman–Crippen MR) is 74.8 cm³/mol. The molecule has 1 saturated carbocycles. The van der Waals surface area contributed by atoms with E-state index in [9.17, 15) is 9.59 Å². The Balaban J connectivity index is 2.44. The van der Waals surface area contributed by atoms with Crippen LogP contribution in [0.5, 0.6) is 0 Å². The van der Waals surface area contributed by atoms with Crippen molar-refractivity contribution in [3.63, 3.8) is 0 Å². The molecule has 0 aromatic carbocycles. The van der Waals surface area contributed by atoms with Gasteiger partial charge in [0.05, 0.1) is 5.56 Å². The van der Waals surface area contributed by atoms with Crippen molar-refractivity contribution < 1.29 is 14.7 Å². The standard InChI is InChI=1S/C14H19N3O3/c1-8-5-9(2)16-14(12(8)13(15)20)17(7-11(18)19)6-10-3-4-10/h5,10H,3-4,6-7H2,1-2H3,(H2,15,20)(H,18,19). The Morgan fingerprint density at radius 3 is 2.60 bits per heavy atom. The molecule has 1 amide bonds. The number of hydrogen-bond donors (Lipinski definition) is 2. The zero-order valence-corrected chi connectivity index (χ0v) is 11.7. The van der Waals surface area contributed by atoms with Crippen LogP contribution >= 0.6 is 0 Å². The maximum Gasteiger partial charge on any atom is 0.323 e. The Morgan fingerprint density at radius 2 is 2.10 bits per heavy atom. The molecule has 1 heterocycles. The summed E-state index contributed by atoms with van der Waals surface area (Å²) < 4.78 is 0. The van der Waals surface area contributed by atoms with Crippen LogP contribution in [-0.2, 0) is 4.79 Å². The number of carboxylic acid groups (broad SMARTS) is 1. The quantitative estimate of drug-likeness (QED) is 0.811. The van der Waals surface area contributed by atoms with Gasteiger partial charge in [-0.3, -0.25) is 9.59 Å². The molecule has 108 valence electrons. The largest absolute Gasteiger partial charge is 0.480 e. The van der Waals surface area contributed by atoms with E-state index in [0.29, 0.717) is 23.8 Å². The van der Waals surface area contributed by atoms with Crippen LogP contribution in [0.2, 0.25) is 0 Å². The van der Waals surface area contributed by atoms with Crippen LogP contribution in [0.25, 0.3) is 0 Å². The first kappa shape index (κ1) is 14.3. The topological polar surface area (TPSA) is 96.5 Å². The van der Waals surface area contributed by atoms with E-state index in [1.54, 1.807) is 17.9 Å². The maximum atomic E-state index is 11.7. The average molecular weight is 277 g/mol. The van der Waals surface area contributed by atoms with E-state index in [4.69, 9.17) is 10.8 Å². The number of aryl methyl sites for hydroxylation is 2. The average Bonchev–Trinajstić information content (AvgIpc) is 3.09. The van der Waals surface area contributed by atoms with Gasteiger partial charge in [0.15, 0.2) is 0 Å². The van der Waals surface area contributed by atoms with E-state index < -0.39 is 11.9 Å². The molecule has 0 saturated heterocycles. The fourth-order valence-corrected chi connectivity index (χ4v) is 2.35. The van der Waals surface area contributed by atoms with Crippen molar-refractivity contribution in [3.8, 4) is 0 Å². The maximum absolute atomic E-state index is 11.7. The summed E-state index contributed by atoms with van der Waals surface area (Å²) in [5, 5.41) is 9.06. The summed E-state index contributed by atoms with van der Waals surface area (Å²) in [4.78, 5) is 28.7. The van der Waals surface area contributed by atoms with Gasteiger partial charge in [-0.15, -0.1) is 0 Å². The molecule has 0 bridgehead atoms. The Kier molecular flexibility index (Phi) is 3.92. The molecule has 0 unspecified atom stereocenters. The lowest BCUT2D eigenvalue weighted by Crippen LogP contribution is -2.34. The number of aliphatic carboxylic acids is 1. The lowest BCUT2D eigenvalue weighted by atomic mass is 10.1. The van der Waals surface area contributed by atoms with Crippen molar-refractivity contribution in [2.24, 2.45) is 11.7 Å². The van der Waals surface area contributed by atoms with Gasteiger partial charge in [0.1, 0.15) is 12.4 Å². The Labute approximate surface area is 117 Å². The highest BCUT2D eigenvalue weighted by molar-refractivity contribution is 5.99. The molecular weight excluding hydrogens is 258 g/mol. The third-order valence-electron chi connectivity index (χ3n) is 3.37. The number of pyridine rings is 1. The van der Waals surface area contributed by atoms with Crippen LogP contribution in [0.15, 0.2) is 6.07 Å². The highest BCUT2D eigenvalue weighted by Gasteiger charge is 2.28. The van der Waals surface area contributed by atoms with Crippen LogP contribution in [0.3, 0.4) is 0 Å². The number of carbonyl (C=O) groups excluding carboxylic acids is 1. The van der Waals surface area contributed by atoms with Crippen LogP contribution in [0.4, 0.5) is 5.82 Å². The van der Waals surface area contributed by atoms with E-state index in [2.05, 4.69) is 4.98 Å². The summed E-state index contributed by atoms with van der Waals surface area (Å²) in [6.45, 7) is 4.03. The predicted octanol–water partition coefficient (Wildman–Crippen LogP) is 1.10. The van der Waals surface area contributed by atoms with Crippen molar-refractivity contribution >= 4 is 17.7 Å². The van der Waals surface area contributed by atoms with Crippen molar-refractivity contribution in [3.05, 3.63) is 22.9 Å². The van der Waals surface area contributed by atoms with Crippen molar-refractivity contribution in [2.75, 3.05) is 18.0 Å². The van der Waals surface area contributed by atoms with Crippen molar-refractivity contribution in [1.82, 2.24) is 4.98 Å². The Morgan fingerprint density at radius 1 is 1.45 bits per heavy atom. The molecule has 1 fully saturated rings. The highest BCUT2D eigenvalue weighted by Crippen LogP contribution is 2.32. The molecule has 6 heteroatoms. The molecule has 0 radical (unpaired) electrons. The van der Waals surface area contributed by atoms with Gasteiger partial charge >= 0.3 is 5.97 Å². The molecule has 3 N–H and O–H groups in total. The van der Waals surface area contributed by atoms with E-state index in [-0.39, 0.29) is 6.54 Å². The second-order valence-electron chi connectivity index (χ2n) is 5.36. The summed E-state index contributed by atoms with van der Waals surface area (Å²) in [6.07, 6.45) is 2.18.